The highest BCUT2D eigenvalue weighted by Crippen LogP contribution is 2.50. The van der Waals surface area contributed by atoms with Crippen LogP contribution in [0.5, 0.6) is 0 Å². The molecule has 0 saturated carbocycles. The summed E-state index contributed by atoms with van der Waals surface area (Å²) >= 11 is 1.46. The van der Waals surface area contributed by atoms with E-state index < -0.39 is 6.85 Å². The Morgan fingerprint density at radius 3 is 1.57 bits per heavy atom. The molecule has 10 aromatic rings. The molecule has 250 valence electrons. The molecule has 0 bridgehead atoms. The van der Waals surface area contributed by atoms with Gasteiger partial charge in [-0.15, -0.1) is 0 Å². The zero-order valence-corrected chi connectivity index (χ0v) is 29.3. The normalized spacial score (nSPS) is 12.6. The van der Waals surface area contributed by atoms with Crippen LogP contribution in [-0.2, 0) is 0 Å². The van der Waals surface area contributed by atoms with Crippen molar-refractivity contribution < 1.29 is 4.11 Å². The lowest BCUT2D eigenvalue weighted by molar-refractivity contribution is 1.20. The summed E-state index contributed by atoms with van der Waals surface area (Å²) in [5, 5.41) is 0. The third kappa shape index (κ3) is 5.24. The Morgan fingerprint density at radius 2 is 1.02 bits per heavy atom. The van der Waals surface area contributed by atoms with Gasteiger partial charge in [0.15, 0.2) is 4.96 Å². The van der Waals surface area contributed by atoms with Crippen LogP contribution in [0.3, 0.4) is 0 Å². The number of thiazole rings is 1. The van der Waals surface area contributed by atoms with Gasteiger partial charge in [-0.3, -0.25) is 4.40 Å². The minimum absolute atomic E-state index is 0.261. The summed E-state index contributed by atoms with van der Waals surface area (Å²) < 4.78 is 27.8. The molecular weight excluding hydrogens is 665 g/mol. The number of imidazole rings is 1. The predicted molar refractivity (Wildman–Crippen MR) is 221 cm³/mol. The topological polar surface area (TPSA) is 43.1 Å². The molecule has 0 N–H and O–H groups in total. The van der Waals surface area contributed by atoms with Crippen molar-refractivity contribution in [2.75, 3.05) is 0 Å². The number of aromatic nitrogens is 4. The number of aryl methyl sites for hydroxylation is 1. The number of benzene rings is 7. The summed E-state index contributed by atoms with van der Waals surface area (Å²) in [7, 11) is 0. The Hall–Kier alpha value is -6.69. The van der Waals surface area contributed by atoms with Crippen molar-refractivity contribution in [1.29, 1.82) is 0 Å². The van der Waals surface area contributed by atoms with Crippen molar-refractivity contribution in [3.8, 4) is 66.8 Å². The molecule has 4 nitrogen and oxygen atoms in total. The van der Waals surface area contributed by atoms with Crippen LogP contribution in [0.25, 0.3) is 93.1 Å². The number of hydrogen-bond donors (Lipinski definition) is 0. The van der Waals surface area contributed by atoms with Crippen molar-refractivity contribution >= 4 is 37.7 Å². The summed E-state index contributed by atoms with van der Waals surface area (Å²) in [6.45, 7) is -2.36. The molecule has 0 aliphatic rings. The van der Waals surface area contributed by atoms with Gasteiger partial charge < -0.3 is 0 Å². The lowest BCUT2D eigenvalue weighted by Crippen LogP contribution is -1.98. The predicted octanol–water partition coefficient (Wildman–Crippen LogP) is 12.8. The highest BCUT2D eigenvalue weighted by Gasteiger charge is 2.24. The molecule has 0 amide bonds. The Balaban J connectivity index is 1.28. The first-order chi connectivity index (χ1) is 27.4. The molecule has 0 radical (unpaired) electrons. The van der Waals surface area contributed by atoms with Gasteiger partial charge >= 0.3 is 0 Å². The molecule has 10 rings (SSSR count). The van der Waals surface area contributed by atoms with Gasteiger partial charge in [-0.05, 0) is 85.7 Å². The van der Waals surface area contributed by atoms with Crippen LogP contribution in [0.15, 0.2) is 176 Å². The van der Waals surface area contributed by atoms with Crippen molar-refractivity contribution in [1.82, 2.24) is 19.4 Å². The molecule has 0 fully saturated rings. The maximum Gasteiger partial charge on any atom is 0.197 e. The minimum atomic E-state index is -2.36. The van der Waals surface area contributed by atoms with E-state index in [2.05, 4.69) is 162 Å². The fourth-order valence-electron chi connectivity index (χ4n) is 7.62. The molecule has 53 heavy (non-hydrogen) atoms. The van der Waals surface area contributed by atoms with Gasteiger partial charge in [0.25, 0.3) is 0 Å². The molecule has 3 heterocycles. The Morgan fingerprint density at radius 1 is 0.509 bits per heavy atom. The van der Waals surface area contributed by atoms with Gasteiger partial charge in [0.2, 0.25) is 0 Å². The van der Waals surface area contributed by atoms with Gasteiger partial charge in [-0.2, -0.15) is 0 Å². The zero-order chi connectivity index (χ0) is 37.8. The maximum absolute atomic E-state index is 8.58. The molecule has 0 aliphatic carbocycles. The van der Waals surface area contributed by atoms with E-state index in [-0.39, 0.29) is 5.56 Å². The molecular formula is C48H32N4S. The Kier molecular flexibility index (Phi) is 6.76. The second kappa shape index (κ2) is 12.8. The first kappa shape index (κ1) is 28.0. The standard InChI is InChI=1S/C48H32N4S/c1-31-22-27-40-46(51-48-52(40)41-29-49-30-50-47(41)53-48)42(31)36-23-25-37(26-24-36)45-43(34-18-10-4-11-19-34)38(32-14-6-2-7-15-32)28-39(33-16-8-3-9-17-33)44(45)35-20-12-5-13-21-35/h2-30H,1H3/i1D3. The second-order valence-electron chi connectivity index (χ2n) is 13.0. The van der Waals surface area contributed by atoms with Gasteiger partial charge in [-0.1, -0.05) is 163 Å². The van der Waals surface area contributed by atoms with Crippen molar-refractivity contribution in [3.63, 3.8) is 0 Å². The Bertz CT molecular complexity index is 2930. The lowest BCUT2D eigenvalue weighted by Gasteiger charge is -2.24. The molecule has 0 spiro atoms. The molecule has 3 aromatic heterocycles. The summed E-state index contributed by atoms with van der Waals surface area (Å²) in [6, 6.07) is 56.6. The summed E-state index contributed by atoms with van der Waals surface area (Å²) in [6.07, 6.45) is 3.31. The first-order valence-electron chi connectivity index (χ1n) is 19.0. The van der Waals surface area contributed by atoms with Crippen LogP contribution in [0.1, 0.15) is 9.68 Å². The zero-order valence-electron chi connectivity index (χ0n) is 31.4. The van der Waals surface area contributed by atoms with E-state index >= 15 is 0 Å². The quantitative estimate of drug-likeness (QED) is 0.173. The largest absolute Gasteiger partial charge is 0.280 e. The van der Waals surface area contributed by atoms with E-state index in [9.17, 15) is 0 Å². The van der Waals surface area contributed by atoms with Crippen molar-refractivity contribution in [2.24, 2.45) is 0 Å². The summed E-state index contributed by atoms with van der Waals surface area (Å²) in [5.74, 6) is 0. The highest BCUT2D eigenvalue weighted by molar-refractivity contribution is 7.23. The van der Waals surface area contributed by atoms with E-state index in [0.717, 1.165) is 82.0 Å². The molecule has 0 atom stereocenters. The summed E-state index contributed by atoms with van der Waals surface area (Å²) in [5.41, 5.74) is 15.0. The third-order valence-corrected chi connectivity index (χ3v) is 10.9. The fraction of sp³-hybridized carbons (Fsp3) is 0.0208. The molecule has 0 aliphatic heterocycles. The van der Waals surface area contributed by atoms with Crippen LogP contribution in [0.2, 0.25) is 0 Å². The average Bonchev–Trinajstić information content (AvgIpc) is 3.80. The van der Waals surface area contributed by atoms with Crippen LogP contribution >= 0.6 is 11.3 Å². The van der Waals surface area contributed by atoms with E-state index in [4.69, 9.17) is 9.10 Å². The smallest absolute Gasteiger partial charge is 0.197 e. The second-order valence-corrected chi connectivity index (χ2v) is 14.0. The van der Waals surface area contributed by atoms with E-state index in [0.29, 0.717) is 11.1 Å². The van der Waals surface area contributed by atoms with Gasteiger partial charge in [0, 0.05) is 9.68 Å². The minimum Gasteiger partial charge on any atom is -0.280 e. The van der Waals surface area contributed by atoms with Crippen LogP contribution in [0.4, 0.5) is 0 Å². The highest BCUT2D eigenvalue weighted by atomic mass is 32.1. The molecule has 0 unspecified atom stereocenters. The number of hydrogen-bond acceptors (Lipinski definition) is 4. The molecule has 0 saturated heterocycles. The van der Waals surface area contributed by atoms with E-state index in [1.807, 2.05) is 10.5 Å². The maximum atomic E-state index is 8.58. The lowest BCUT2D eigenvalue weighted by atomic mass is 9.78. The summed E-state index contributed by atoms with van der Waals surface area (Å²) in [4.78, 5) is 15.3. The number of fused-ring (bicyclic) bond motifs is 5. The van der Waals surface area contributed by atoms with Crippen LogP contribution in [0, 0.1) is 6.85 Å². The number of rotatable bonds is 6. The number of nitrogens with zero attached hydrogens (tertiary/aromatic N) is 4. The van der Waals surface area contributed by atoms with Crippen LogP contribution in [-0.4, -0.2) is 19.4 Å². The van der Waals surface area contributed by atoms with Gasteiger partial charge in [0.1, 0.15) is 16.7 Å². The molecule has 7 aromatic carbocycles. The average molecular weight is 700 g/mol. The van der Waals surface area contributed by atoms with Gasteiger partial charge in [-0.25, -0.2) is 15.0 Å². The van der Waals surface area contributed by atoms with E-state index in [1.165, 1.54) is 17.7 Å². The van der Waals surface area contributed by atoms with Crippen molar-refractivity contribution in [3.05, 3.63) is 182 Å². The van der Waals surface area contributed by atoms with Crippen LogP contribution < -0.4 is 0 Å². The van der Waals surface area contributed by atoms with Gasteiger partial charge in [0.05, 0.1) is 17.2 Å². The molecule has 5 heteroatoms. The SMILES string of the molecule is [2H]C([2H])([2H])c1ccc2c(nc3sc4ncncc4n32)c1-c1ccc(-c2c(-c3ccccc3)c(-c3ccccc3)cc(-c3ccccc3)c2-c2ccccc2)cc1. The fourth-order valence-corrected chi connectivity index (χ4v) is 8.57. The monoisotopic (exact) mass is 699 g/mol. The van der Waals surface area contributed by atoms with Crippen molar-refractivity contribution in [2.45, 2.75) is 6.85 Å². The first-order valence-corrected chi connectivity index (χ1v) is 18.3. The Labute approximate surface area is 315 Å². The third-order valence-electron chi connectivity index (χ3n) is 9.97. The van der Waals surface area contributed by atoms with E-state index in [1.54, 1.807) is 12.3 Å².